The van der Waals surface area contributed by atoms with E-state index in [2.05, 4.69) is 33.6 Å². The van der Waals surface area contributed by atoms with Gasteiger partial charge in [-0.15, -0.1) is 0 Å². The van der Waals surface area contributed by atoms with Crippen LogP contribution in [0.4, 0.5) is 0 Å². The highest BCUT2D eigenvalue weighted by atomic mass is 15.3. The minimum Gasteiger partial charge on any atom is -0.306 e. The normalized spacial score (nSPS) is 29.2. The quantitative estimate of drug-likeness (QED) is 0.779. The average Bonchev–Trinajstić information content (AvgIpc) is 2.58. The molecule has 0 aromatic carbocycles. The molecular formula is C18H36N4. The van der Waals surface area contributed by atoms with E-state index in [-0.39, 0.29) is 0 Å². The van der Waals surface area contributed by atoms with Gasteiger partial charge in [-0.1, -0.05) is 6.92 Å². The van der Waals surface area contributed by atoms with Crippen LogP contribution in [-0.2, 0) is 0 Å². The smallest absolute Gasteiger partial charge is 0.0121 e. The maximum atomic E-state index is 2.78. The molecule has 22 heavy (non-hydrogen) atoms. The second kappa shape index (κ2) is 8.09. The summed E-state index contributed by atoms with van der Waals surface area (Å²) in [5.41, 5.74) is 0. The summed E-state index contributed by atoms with van der Waals surface area (Å²) in [6.45, 7) is 15.3. The fourth-order valence-electron chi connectivity index (χ4n) is 4.52. The van der Waals surface area contributed by atoms with Crippen molar-refractivity contribution in [3.8, 4) is 0 Å². The number of likely N-dealkylation sites (tertiary alicyclic amines) is 2. The van der Waals surface area contributed by atoms with Crippen molar-refractivity contribution < 1.29 is 0 Å². The van der Waals surface area contributed by atoms with Crippen molar-refractivity contribution in [2.45, 2.75) is 38.6 Å². The molecule has 0 aromatic rings. The van der Waals surface area contributed by atoms with Crippen molar-refractivity contribution in [1.82, 2.24) is 19.6 Å². The highest BCUT2D eigenvalue weighted by Gasteiger charge is 2.28. The number of piperidine rings is 2. The van der Waals surface area contributed by atoms with E-state index in [0.717, 1.165) is 12.0 Å². The Bertz CT molecular complexity index is 311. The number of rotatable bonds is 4. The second-order valence-corrected chi connectivity index (χ2v) is 7.75. The van der Waals surface area contributed by atoms with Crippen LogP contribution in [-0.4, -0.2) is 98.1 Å². The fourth-order valence-corrected chi connectivity index (χ4v) is 4.52. The minimum atomic E-state index is 0.868. The Morgan fingerprint density at radius 2 is 1.36 bits per heavy atom. The Balaban J connectivity index is 1.36. The molecule has 0 unspecified atom stereocenters. The summed E-state index contributed by atoms with van der Waals surface area (Å²) >= 11 is 0. The summed E-state index contributed by atoms with van der Waals surface area (Å²) in [6, 6.07) is 0.868. The lowest BCUT2D eigenvalue weighted by molar-refractivity contribution is 0.0534. The van der Waals surface area contributed by atoms with Crippen molar-refractivity contribution in [3.05, 3.63) is 0 Å². The molecule has 0 spiro atoms. The van der Waals surface area contributed by atoms with Gasteiger partial charge in [0.15, 0.2) is 0 Å². The number of nitrogens with zero attached hydrogens (tertiary/aromatic N) is 4. The highest BCUT2D eigenvalue weighted by Crippen LogP contribution is 2.22. The van der Waals surface area contributed by atoms with Gasteiger partial charge in [0, 0.05) is 38.8 Å². The van der Waals surface area contributed by atoms with Crippen molar-refractivity contribution >= 4 is 0 Å². The first-order chi connectivity index (χ1) is 10.7. The molecule has 0 aliphatic carbocycles. The first kappa shape index (κ1) is 16.7. The topological polar surface area (TPSA) is 13.0 Å². The van der Waals surface area contributed by atoms with Crippen LogP contribution in [0.5, 0.6) is 0 Å². The largest absolute Gasteiger partial charge is 0.306 e. The van der Waals surface area contributed by atoms with E-state index in [1.54, 1.807) is 0 Å². The molecule has 0 radical (unpaired) electrons. The van der Waals surface area contributed by atoms with Crippen LogP contribution < -0.4 is 0 Å². The fraction of sp³-hybridized carbons (Fsp3) is 1.00. The van der Waals surface area contributed by atoms with Gasteiger partial charge in [-0.05, 0) is 71.4 Å². The van der Waals surface area contributed by atoms with Gasteiger partial charge in [0.1, 0.15) is 0 Å². The molecule has 3 saturated heterocycles. The van der Waals surface area contributed by atoms with Gasteiger partial charge < -0.3 is 14.7 Å². The maximum absolute atomic E-state index is 2.78. The first-order valence-electron chi connectivity index (χ1n) is 9.62. The first-order valence-corrected chi connectivity index (χ1v) is 9.62. The van der Waals surface area contributed by atoms with Gasteiger partial charge in [0.05, 0.1) is 0 Å². The zero-order chi connectivity index (χ0) is 15.4. The van der Waals surface area contributed by atoms with Crippen molar-refractivity contribution in [2.24, 2.45) is 5.92 Å². The molecule has 0 saturated carbocycles. The SMILES string of the molecule is CCN1CCN(C2CCN(CC3CCN(C)CC3)CC2)CC1. The third-order valence-corrected chi connectivity index (χ3v) is 6.28. The van der Waals surface area contributed by atoms with E-state index >= 15 is 0 Å². The molecule has 3 fully saturated rings. The van der Waals surface area contributed by atoms with E-state index < -0.39 is 0 Å². The van der Waals surface area contributed by atoms with Crippen LogP contribution in [0.2, 0.25) is 0 Å². The highest BCUT2D eigenvalue weighted by molar-refractivity contribution is 4.84. The second-order valence-electron chi connectivity index (χ2n) is 7.75. The maximum Gasteiger partial charge on any atom is 0.0121 e. The molecule has 3 rings (SSSR count). The summed E-state index contributed by atoms with van der Waals surface area (Å²) in [5.74, 6) is 0.959. The molecular weight excluding hydrogens is 272 g/mol. The van der Waals surface area contributed by atoms with Crippen molar-refractivity contribution in [1.29, 1.82) is 0 Å². The summed E-state index contributed by atoms with van der Waals surface area (Å²) < 4.78 is 0. The van der Waals surface area contributed by atoms with E-state index in [9.17, 15) is 0 Å². The molecule has 0 bridgehead atoms. The Labute approximate surface area is 137 Å². The Kier molecular flexibility index (Phi) is 6.14. The van der Waals surface area contributed by atoms with E-state index in [0.29, 0.717) is 0 Å². The van der Waals surface area contributed by atoms with Crippen molar-refractivity contribution in [3.63, 3.8) is 0 Å². The Hall–Kier alpha value is -0.160. The van der Waals surface area contributed by atoms with Gasteiger partial charge in [-0.3, -0.25) is 4.90 Å². The van der Waals surface area contributed by atoms with Gasteiger partial charge in [-0.25, -0.2) is 0 Å². The van der Waals surface area contributed by atoms with E-state index in [1.807, 2.05) is 0 Å². The molecule has 4 heteroatoms. The van der Waals surface area contributed by atoms with Gasteiger partial charge in [-0.2, -0.15) is 0 Å². The third-order valence-electron chi connectivity index (χ3n) is 6.28. The summed E-state index contributed by atoms with van der Waals surface area (Å²) in [5, 5.41) is 0. The zero-order valence-corrected chi connectivity index (χ0v) is 14.8. The standard InChI is InChI=1S/C18H36N4/c1-3-20-12-14-22(15-13-20)18-6-10-21(11-7-18)16-17-4-8-19(2)9-5-17/h17-18H,3-16H2,1-2H3. The number of hydrogen-bond acceptors (Lipinski definition) is 4. The Morgan fingerprint density at radius 1 is 0.727 bits per heavy atom. The predicted molar refractivity (Wildman–Crippen MR) is 93.4 cm³/mol. The van der Waals surface area contributed by atoms with Crippen LogP contribution in [0, 0.1) is 5.92 Å². The van der Waals surface area contributed by atoms with Crippen LogP contribution in [0.1, 0.15) is 32.6 Å². The van der Waals surface area contributed by atoms with E-state index in [4.69, 9.17) is 0 Å². The molecule has 128 valence electrons. The number of piperazine rings is 1. The monoisotopic (exact) mass is 308 g/mol. The van der Waals surface area contributed by atoms with Crippen LogP contribution in [0.15, 0.2) is 0 Å². The average molecular weight is 309 g/mol. The molecule has 0 atom stereocenters. The van der Waals surface area contributed by atoms with E-state index in [1.165, 1.54) is 91.1 Å². The molecule has 4 nitrogen and oxygen atoms in total. The summed E-state index contributed by atoms with van der Waals surface area (Å²) in [6.07, 6.45) is 5.63. The lowest BCUT2D eigenvalue weighted by Gasteiger charge is -2.43. The van der Waals surface area contributed by atoms with Gasteiger partial charge in [0.25, 0.3) is 0 Å². The van der Waals surface area contributed by atoms with Crippen molar-refractivity contribution in [2.75, 3.05) is 72.5 Å². The lowest BCUT2D eigenvalue weighted by atomic mass is 9.94. The lowest BCUT2D eigenvalue weighted by Crippen LogP contribution is -2.53. The number of likely N-dealkylation sites (N-methyl/N-ethyl adjacent to an activating group) is 1. The third kappa shape index (κ3) is 4.44. The van der Waals surface area contributed by atoms with Crippen LogP contribution >= 0.6 is 0 Å². The molecule has 3 aliphatic heterocycles. The minimum absolute atomic E-state index is 0.868. The van der Waals surface area contributed by atoms with Gasteiger partial charge >= 0.3 is 0 Å². The molecule has 0 amide bonds. The summed E-state index contributed by atoms with van der Waals surface area (Å²) in [7, 11) is 2.26. The molecule has 0 aromatic heterocycles. The van der Waals surface area contributed by atoms with Gasteiger partial charge in [0.2, 0.25) is 0 Å². The molecule has 0 N–H and O–H groups in total. The molecule has 3 aliphatic rings. The Morgan fingerprint density at radius 3 is 1.95 bits per heavy atom. The number of hydrogen-bond donors (Lipinski definition) is 0. The predicted octanol–water partition coefficient (Wildman–Crippen LogP) is 1.43. The zero-order valence-electron chi connectivity index (χ0n) is 14.8. The molecule has 3 heterocycles. The van der Waals surface area contributed by atoms with Crippen LogP contribution in [0.25, 0.3) is 0 Å². The summed E-state index contributed by atoms with van der Waals surface area (Å²) in [4.78, 5) is 10.6. The van der Waals surface area contributed by atoms with Crippen LogP contribution in [0.3, 0.4) is 0 Å².